The number of phenols is 1. The first-order chi connectivity index (χ1) is 12.1. The Morgan fingerprint density at radius 1 is 0.800 bits per heavy atom. The van der Waals surface area contributed by atoms with Crippen molar-refractivity contribution in [3.05, 3.63) is 84.9 Å². The summed E-state index contributed by atoms with van der Waals surface area (Å²) in [5, 5.41) is 18.8. The third-order valence-corrected chi connectivity index (χ3v) is 3.14. The maximum absolute atomic E-state index is 9.38. The molecule has 0 fully saturated rings. The zero-order chi connectivity index (χ0) is 18.1. The van der Waals surface area contributed by atoms with E-state index in [0.717, 1.165) is 24.0 Å². The Hall–Kier alpha value is -3.47. The largest absolute Gasteiger partial charge is 0.508 e. The number of para-hydroxylation sites is 2. The Morgan fingerprint density at radius 3 is 1.60 bits per heavy atom. The van der Waals surface area contributed by atoms with E-state index < -0.39 is 5.97 Å². The number of hydrogen-bond donors (Lipinski definition) is 3. The quantitative estimate of drug-likeness (QED) is 0.478. The standard InChI is InChI=1S/C18H16N2O.C2H4O2/c21-18-13-11-15(12-14-18)19-20(16-7-3-1-4-8-16)17-9-5-2-6-10-17;1-2(3)4/h1-14,19,21H;1H3,(H,3,4). The van der Waals surface area contributed by atoms with Gasteiger partial charge < -0.3 is 10.2 Å². The van der Waals surface area contributed by atoms with Gasteiger partial charge in [0.05, 0.1) is 17.1 Å². The highest BCUT2D eigenvalue weighted by molar-refractivity contribution is 5.68. The number of hydrogen-bond acceptors (Lipinski definition) is 4. The Kier molecular flexibility index (Phi) is 6.42. The molecule has 0 saturated heterocycles. The van der Waals surface area contributed by atoms with E-state index in [1.54, 1.807) is 12.1 Å². The van der Waals surface area contributed by atoms with Crippen LogP contribution in [0.1, 0.15) is 6.92 Å². The Morgan fingerprint density at radius 2 is 1.20 bits per heavy atom. The van der Waals surface area contributed by atoms with Crippen molar-refractivity contribution >= 4 is 23.0 Å². The monoisotopic (exact) mass is 336 g/mol. The molecule has 0 radical (unpaired) electrons. The van der Waals surface area contributed by atoms with Crippen LogP contribution in [0.2, 0.25) is 0 Å². The van der Waals surface area contributed by atoms with Crippen LogP contribution in [0, 0.1) is 0 Å². The highest BCUT2D eigenvalue weighted by atomic mass is 16.4. The van der Waals surface area contributed by atoms with Crippen LogP contribution in [0.5, 0.6) is 5.75 Å². The molecule has 3 N–H and O–H groups in total. The lowest BCUT2D eigenvalue weighted by Gasteiger charge is -2.26. The van der Waals surface area contributed by atoms with Crippen molar-refractivity contribution in [1.29, 1.82) is 0 Å². The molecule has 0 atom stereocenters. The van der Waals surface area contributed by atoms with Gasteiger partial charge in [0.2, 0.25) is 0 Å². The molecular weight excluding hydrogens is 316 g/mol. The molecule has 0 aliphatic heterocycles. The van der Waals surface area contributed by atoms with E-state index in [4.69, 9.17) is 9.90 Å². The summed E-state index contributed by atoms with van der Waals surface area (Å²) < 4.78 is 0. The fourth-order valence-electron chi connectivity index (χ4n) is 2.10. The molecule has 5 heteroatoms. The van der Waals surface area contributed by atoms with Crippen molar-refractivity contribution in [3.63, 3.8) is 0 Å². The molecule has 3 aromatic rings. The van der Waals surface area contributed by atoms with E-state index >= 15 is 0 Å². The van der Waals surface area contributed by atoms with Crippen LogP contribution in [-0.4, -0.2) is 16.2 Å². The molecule has 5 nitrogen and oxygen atoms in total. The van der Waals surface area contributed by atoms with Crippen LogP contribution in [0.15, 0.2) is 84.9 Å². The van der Waals surface area contributed by atoms with Crippen molar-refractivity contribution in [2.75, 3.05) is 10.4 Å². The van der Waals surface area contributed by atoms with E-state index in [1.807, 2.05) is 77.8 Å². The van der Waals surface area contributed by atoms with Gasteiger partial charge >= 0.3 is 0 Å². The minimum Gasteiger partial charge on any atom is -0.508 e. The maximum Gasteiger partial charge on any atom is 0.300 e. The highest BCUT2D eigenvalue weighted by Gasteiger charge is 2.08. The number of rotatable bonds is 4. The first-order valence-corrected chi connectivity index (χ1v) is 7.71. The molecule has 0 saturated carbocycles. The summed E-state index contributed by atoms with van der Waals surface area (Å²) in [4.78, 5) is 9.00. The Bertz CT molecular complexity index is 732. The molecule has 0 aliphatic carbocycles. The first kappa shape index (κ1) is 17.9. The number of aliphatic carboxylic acids is 1. The molecule has 0 bridgehead atoms. The van der Waals surface area contributed by atoms with Gasteiger partial charge in [-0.15, -0.1) is 0 Å². The number of nitrogens with zero attached hydrogens (tertiary/aromatic N) is 1. The Labute approximate surface area is 146 Å². The average Bonchev–Trinajstić information content (AvgIpc) is 2.62. The van der Waals surface area contributed by atoms with Gasteiger partial charge in [-0.25, -0.2) is 0 Å². The topological polar surface area (TPSA) is 72.8 Å². The zero-order valence-corrected chi connectivity index (χ0v) is 13.8. The lowest BCUT2D eigenvalue weighted by atomic mass is 10.2. The molecular formula is C20H20N2O3. The van der Waals surface area contributed by atoms with Crippen molar-refractivity contribution < 1.29 is 15.0 Å². The van der Waals surface area contributed by atoms with Crippen LogP contribution in [-0.2, 0) is 4.79 Å². The Balaban J connectivity index is 0.000000511. The summed E-state index contributed by atoms with van der Waals surface area (Å²) in [5.41, 5.74) is 6.34. The van der Waals surface area contributed by atoms with Crippen LogP contribution >= 0.6 is 0 Å². The summed E-state index contributed by atoms with van der Waals surface area (Å²) in [5.74, 6) is -0.577. The second-order valence-electron chi connectivity index (χ2n) is 5.18. The first-order valence-electron chi connectivity index (χ1n) is 7.71. The number of benzene rings is 3. The lowest BCUT2D eigenvalue weighted by Crippen LogP contribution is -2.24. The van der Waals surface area contributed by atoms with E-state index in [-0.39, 0.29) is 5.75 Å². The smallest absolute Gasteiger partial charge is 0.300 e. The van der Waals surface area contributed by atoms with Gasteiger partial charge in [0.1, 0.15) is 5.75 Å². The normalized spacial score (nSPS) is 9.48. The second kappa shape index (κ2) is 8.98. The van der Waals surface area contributed by atoms with Gasteiger partial charge in [-0.3, -0.25) is 15.2 Å². The van der Waals surface area contributed by atoms with Crippen molar-refractivity contribution in [1.82, 2.24) is 0 Å². The molecule has 0 aliphatic rings. The number of carboxylic acids is 1. The zero-order valence-electron chi connectivity index (χ0n) is 13.8. The number of anilines is 3. The SMILES string of the molecule is CC(=O)O.Oc1ccc(NN(c2ccccc2)c2ccccc2)cc1. The van der Waals surface area contributed by atoms with E-state index in [0.29, 0.717) is 0 Å². The summed E-state index contributed by atoms with van der Waals surface area (Å²) in [6, 6.07) is 27.2. The van der Waals surface area contributed by atoms with Crippen molar-refractivity contribution in [3.8, 4) is 5.75 Å². The third kappa shape index (κ3) is 5.91. The number of nitrogens with one attached hydrogen (secondary N) is 1. The molecule has 25 heavy (non-hydrogen) atoms. The number of aromatic hydroxyl groups is 1. The fourth-order valence-corrected chi connectivity index (χ4v) is 2.10. The highest BCUT2D eigenvalue weighted by Crippen LogP contribution is 2.26. The minimum atomic E-state index is -0.833. The van der Waals surface area contributed by atoms with Crippen molar-refractivity contribution in [2.45, 2.75) is 6.92 Å². The maximum atomic E-state index is 9.38. The number of hydrazine groups is 1. The number of phenolic OH excluding ortho intramolecular Hbond substituents is 1. The van der Waals surface area contributed by atoms with Gasteiger partial charge in [-0.05, 0) is 48.5 Å². The minimum absolute atomic E-state index is 0.256. The molecule has 0 spiro atoms. The number of carboxylic acid groups (broad SMARTS) is 1. The van der Waals surface area contributed by atoms with Crippen LogP contribution in [0.4, 0.5) is 17.1 Å². The average molecular weight is 336 g/mol. The van der Waals surface area contributed by atoms with E-state index in [2.05, 4.69) is 5.43 Å². The van der Waals surface area contributed by atoms with Crippen LogP contribution in [0.25, 0.3) is 0 Å². The predicted octanol–water partition coefficient (Wildman–Crippen LogP) is 4.65. The third-order valence-electron chi connectivity index (χ3n) is 3.14. The van der Waals surface area contributed by atoms with Gasteiger partial charge in [0.15, 0.2) is 0 Å². The lowest BCUT2D eigenvalue weighted by molar-refractivity contribution is -0.134. The van der Waals surface area contributed by atoms with Crippen molar-refractivity contribution in [2.24, 2.45) is 0 Å². The summed E-state index contributed by atoms with van der Waals surface area (Å²) in [7, 11) is 0. The van der Waals surface area contributed by atoms with Crippen LogP contribution < -0.4 is 10.4 Å². The molecule has 3 rings (SSSR count). The molecule has 0 aromatic heterocycles. The summed E-state index contributed by atoms with van der Waals surface area (Å²) in [6.45, 7) is 1.08. The fraction of sp³-hybridized carbons (Fsp3) is 0.0500. The molecule has 3 aromatic carbocycles. The van der Waals surface area contributed by atoms with Gasteiger partial charge in [-0.1, -0.05) is 36.4 Å². The van der Waals surface area contributed by atoms with E-state index in [9.17, 15) is 5.11 Å². The molecule has 128 valence electrons. The molecule has 0 amide bonds. The molecule has 0 heterocycles. The van der Waals surface area contributed by atoms with Gasteiger partial charge in [0, 0.05) is 6.92 Å². The summed E-state index contributed by atoms with van der Waals surface area (Å²) in [6.07, 6.45) is 0. The van der Waals surface area contributed by atoms with Gasteiger partial charge in [0.25, 0.3) is 5.97 Å². The van der Waals surface area contributed by atoms with Gasteiger partial charge in [-0.2, -0.15) is 0 Å². The van der Waals surface area contributed by atoms with Crippen LogP contribution in [0.3, 0.4) is 0 Å². The second-order valence-corrected chi connectivity index (χ2v) is 5.18. The number of carbonyl (C=O) groups is 1. The summed E-state index contributed by atoms with van der Waals surface area (Å²) >= 11 is 0. The van der Waals surface area contributed by atoms with E-state index in [1.165, 1.54) is 0 Å². The predicted molar refractivity (Wildman–Crippen MR) is 100 cm³/mol. The molecule has 0 unspecified atom stereocenters.